The van der Waals surface area contributed by atoms with Crippen LogP contribution in [0.1, 0.15) is 45.6 Å². The van der Waals surface area contributed by atoms with E-state index >= 15 is 0 Å². The number of benzene rings is 1. The van der Waals surface area contributed by atoms with Crippen molar-refractivity contribution in [2.24, 2.45) is 5.73 Å². The molecule has 0 bridgehead atoms. The maximum absolute atomic E-state index is 13.3. The molecule has 0 saturated carbocycles. The number of nitrogens with two attached hydrogens (primary N) is 1. The average molecular weight is 370 g/mol. The summed E-state index contributed by atoms with van der Waals surface area (Å²) in [6.07, 6.45) is 0.898. The Morgan fingerprint density at radius 3 is 2.50 bits per heavy atom. The van der Waals surface area contributed by atoms with Crippen LogP contribution in [0.3, 0.4) is 0 Å². The number of hydrogen-bond acceptors (Lipinski definition) is 4. The third-order valence-corrected chi connectivity index (χ3v) is 4.40. The Morgan fingerprint density at radius 1 is 1.31 bits per heavy atom. The van der Waals surface area contributed by atoms with Crippen LogP contribution in [0, 0.1) is 11.6 Å². The highest BCUT2D eigenvalue weighted by molar-refractivity contribution is 5.68. The second-order valence-electron chi connectivity index (χ2n) is 7.87. The van der Waals surface area contributed by atoms with Gasteiger partial charge in [-0.1, -0.05) is 0 Å². The SMILES string of the molecule is CC(C)(C)OC(=O)N1CCCCC1C(O)C(N)Cc1cc(F)cc(F)c1. The van der Waals surface area contributed by atoms with Gasteiger partial charge < -0.3 is 20.5 Å². The van der Waals surface area contributed by atoms with Gasteiger partial charge in [-0.05, 0) is 64.2 Å². The topological polar surface area (TPSA) is 75.8 Å². The van der Waals surface area contributed by atoms with Crippen molar-refractivity contribution in [3.8, 4) is 0 Å². The molecule has 1 fully saturated rings. The van der Waals surface area contributed by atoms with Crippen molar-refractivity contribution in [2.45, 2.75) is 70.2 Å². The van der Waals surface area contributed by atoms with E-state index in [0.717, 1.165) is 18.9 Å². The predicted molar refractivity (Wildman–Crippen MR) is 94.6 cm³/mol. The van der Waals surface area contributed by atoms with Gasteiger partial charge in [-0.2, -0.15) is 0 Å². The van der Waals surface area contributed by atoms with Crippen molar-refractivity contribution in [3.05, 3.63) is 35.4 Å². The first-order chi connectivity index (χ1) is 12.1. The number of likely N-dealkylation sites (tertiary alicyclic amines) is 1. The van der Waals surface area contributed by atoms with Crippen molar-refractivity contribution < 1.29 is 23.4 Å². The van der Waals surface area contributed by atoms with E-state index in [1.54, 1.807) is 20.8 Å². The second kappa shape index (κ2) is 8.31. The number of nitrogens with zero attached hydrogens (tertiary/aromatic N) is 1. The molecule has 7 heteroatoms. The number of aliphatic hydroxyl groups is 1. The maximum atomic E-state index is 13.3. The molecule has 1 aromatic carbocycles. The van der Waals surface area contributed by atoms with Gasteiger partial charge in [0, 0.05) is 18.7 Å². The van der Waals surface area contributed by atoms with Crippen molar-refractivity contribution in [3.63, 3.8) is 0 Å². The lowest BCUT2D eigenvalue weighted by molar-refractivity contribution is -0.0217. The summed E-state index contributed by atoms with van der Waals surface area (Å²) in [5.74, 6) is -1.37. The Bertz CT molecular complexity index is 613. The summed E-state index contributed by atoms with van der Waals surface area (Å²) in [6, 6.07) is 1.94. The van der Waals surface area contributed by atoms with E-state index in [1.165, 1.54) is 17.0 Å². The molecule has 1 saturated heterocycles. The van der Waals surface area contributed by atoms with Crippen molar-refractivity contribution in [2.75, 3.05) is 6.54 Å². The molecule has 1 aliphatic rings. The van der Waals surface area contributed by atoms with E-state index in [4.69, 9.17) is 10.5 Å². The number of rotatable bonds is 4. The van der Waals surface area contributed by atoms with Crippen LogP contribution in [0.2, 0.25) is 0 Å². The first kappa shape index (κ1) is 20.6. The number of amides is 1. The minimum Gasteiger partial charge on any atom is -0.444 e. The summed E-state index contributed by atoms with van der Waals surface area (Å²) in [4.78, 5) is 14.0. The zero-order chi connectivity index (χ0) is 19.5. The van der Waals surface area contributed by atoms with Gasteiger partial charge in [-0.3, -0.25) is 0 Å². The van der Waals surface area contributed by atoms with Crippen LogP contribution in [0.5, 0.6) is 0 Å². The maximum Gasteiger partial charge on any atom is 0.410 e. The summed E-state index contributed by atoms with van der Waals surface area (Å²) in [6.45, 7) is 5.83. The van der Waals surface area contributed by atoms with Gasteiger partial charge in [0.2, 0.25) is 0 Å². The number of ether oxygens (including phenoxy) is 1. The van der Waals surface area contributed by atoms with E-state index in [1.807, 2.05) is 0 Å². The first-order valence-electron chi connectivity index (χ1n) is 8.95. The van der Waals surface area contributed by atoms with E-state index in [2.05, 4.69) is 0 Å². The fourth-order valence-corrected chi connectivity index (χ4v) is 3.27. The molecule has 0 spiro atoms. The van der Waals surface area contributed by atoms with Gasteiger partial charge in [0.1, 0.15) is 17.2 Å². The molecule has 1 aromatic rings. The molecular formula is C19H28F2N2O3. The quantitative estimate of drug-likeness (QED) is 0.854. The molecule has 5 nitrogen and oxygen atoms in total. The Labute approximate surface area is 153 Å². The van der Waals surface area contributed by atoms with Crippen LogP contribution in [-0.2, 0) is 11.2 Å². The lowest BCUT2D eigenvalue weighted by Gasteiger charge is -2.40. The lowest BCUT2D eigenvalue weighted by Crippen LogP contribution is -2.56. The van der Waals surface area contributed by atoms with Gasteiger partial charge in [0.25, 0.3) is 0 Å². The highest BCUT2D eigenvalue weighted by Crippen LogP contribution is 2.24. The Morgan fingerprint density at radius 2 is 1.92 bits per heavy atom. The third kappa shape index (κ3) is 5.64. The van der Waals surface area contributed by atoms with E-state index in [0.29, 0.717) is 18.5 Å². The molecule has 1 heterocycles. The van der Waals surface area contributed by atoms with Crippen LogP contribution in [0.25, 0.3) is 0 Å². The van der Waals surface area contributed by atoms with Crippen molar-refractivity contribution in [1.82, 2.24) is 4.90 Å². The standard InChI is InChI=1S/C19H28F2N2O3/c1-19(2,3)26-18(25)23-7-5-4-6-16(23)17(24)15(22)10-12-8-13(20)11-14(21)9-12/h8-9,11,15-17,24H,4-7,10,22H2,1-3H3. The van der Waals surface area contributed by atoms with Crippen molar-refractivity contribution in [1.29, 1.82) is 0 Å². The molecule has 2 rings (SSSR count). The number of piperidine rings is 1. The fraction of sp³-hybridized carbons (Fsp3) is 0.632. The van der Waals surface area contributed by atoms with E-state index in [9.17, 15) is 18.7 Å². The molecule has 26 heavy (non-hydrogen) atoms. The van der Waals surface area contributed by atoms with Crippen LogP contribution in [0.15, 0.2) is 18.2 Å². The summed E-state index contributed by atoms with van der Waals surface area (Å²) in [5.41, 5.74) is 5.83. The average Bonchev–Trinajstić information content (AvgIpc) is 2.51. The molecule has 1 aliphatic heterocycles. The molecule has 0 aromatic heterocycles. The minimum atomic E-state index is -1.02. The van der Waals surface area contributed by atoms with E-state index < -0.39 is 41.5 Å². The molecule has 3 atom stereocenters. The smallest absolute Gasteiger partial charge is 0.410 e. The molecule has 3 N–H and O–H groups in total. The zero-order valence-electron chi connectivity index (χ0n) is 15.5. The molecule has 0 aliphatic carbocycles. The first-order valence-corrected chi connectivity index (χ1v) is 8.95. The number of halogens is 2. The Hall–Kier alpha value is -1.73. The Balaban J connectivity index is 2.08. The fourth-order valence-electron chi connectivity index (χ4n) is 3.27. The largest absolute Gasteiger partial charge is 0.444 e. The number of carbonyl (C=O) groups excluding carboxylic acids is 1. The normalized spacial score (nSPS) is 20.6. The van der Waals surface area contributed by atoms with E-state index in [-0.39, 0.29) is 6.42 Å². The number of aliphatic hydroxyl groups excluding tert-OH is 1. The second-order valence-corrected chi connectivity index (χ2v) is 7.87. The van der Waals surface area contributed by atoms with Gasteiger partial charge in [0.05, 0.1) is 12.1 Å². The van der Waals surface area contributed by atoms with Crippen molar-refractivity contribution >= 4 is 6.09 Å². The summed E-state index contributed by atoms with van der Waals surface area (Å²) < 4.78 is 32.1. The van der Waals surface area contributed by atoms with Gasteiger partial charge in [0.15, 0.2) is 0 Å². The number of hydrogen-bond donors (Lipinski definition) is 2. The summed E-state index contributed by atoms with van der Waals surface area (Å²) in [5, 5.41) is 10.7. The zero-order valence-corrected chi connectivity index (χ0v) is 15.5. The molecular weight excluding hydrogens is 342 g/mol. The Kier molecular flexibility index (Phi) is 6.58. The van der Waals surface area contributed by atoms with Gasteiger partial charge in [-0.25, -0.2) is 13.6 Å². The summed E-state index contributed by atoms with van der Waals surface area (Å²) >= 11 is 0. The number of carbonyl (C=O) groups is 1. The third-order valence-electron chi connectivity index (χ3n) is 4.40. The minimum absolute atomic E-state index is 0.106. The van der Waals surface area contributed by atoms with Gasteiger partial charge in [-0.15, -0.1) is 0 Å². The molecule has 3 unspecified atom stereocenters. The van der Waals surface area contributed by atoms with Crippen LogP contribution in [-0.4, -0.2) is 46.4 Å². The molecule has 0 radical (unpaired) electrons. The van der Waals surface area contributed by atoms with Crippen LogP contribution < -0.4 is 5.73 Å². The molecule has 1 amide bonds. The van der Waals surface area contributed by atoms with Crippen LogP contribution in [0.4, 0.5) is 13.6 Å². The molecule has 146 valence electrons. The van der Waals surface area contributed by atoms with Crippen LogP contribution >= 0.6 is 0 Å². The lowest BCUT2D eigenvalue weighted by atomic mass is 9.91. The summed E-state index contributed by atoms with van der Waals surface area (Å²) in [7, 11) is 0. The highest BCUT2D eigenvalue weighted by atomic mass is 19.1. The highest BCUT2D eigenvalue weighted by Gasteiger charge is 2.37. The van der Waals surface area contributed by atoms with Gasteiger partial charge >= 0.3 is 6.09 Å². The monoisotopic (exact) mass is 370 g/mol. The predicted octanol–water partition coefficient (Wildman–Crippen LogP) is 2.99.